The normalized spacial score (nSPS) is 35.2. The summed E-state index contributed by atoms with van der Waals surface area (Å²) in [7, 11) is 0. The van der Waals surface area contributed by atoms with Gasteiger partial charge in [0.2, 0.25) is 0 Å². The first kappa shape index (κ1) is 7.56. The Morgan fingerprint density at radius 2 is 2.00 bits per heavy atom. The number of rotatable bonds is 1. The predicted molar refractivity (Wildman–Crippen MR) is 44.3 cm³/mol. The van der Waals surface area contributed by atoms with Crippen molar-refractivity contribution in [1.29, 1.82) is 0 Å². The lowest BCUT2D eigenvalue weighted by atomic mass is 9.56. The third-order valence-electron chi connectivity index (χ3n) is 3.63. The van der Waals surface area contributed by atoms with Crippen LogP contribution in [0.15, 0.2) is 0 Å². The van der Waals surface area contributed by atoms with Gasteiger partial charge in [-0.3, -0.25) is 0 Å². The summed E-state index contributed by atoms with van der Waals surface area (Å²) in [6.07, 6.45) is 5.28. The summed E-state index contributed by atoms with van der Waals surface area (Å²) in [5.74, 6) is 0.811. The van der Waals surface area contributed by atoms with Crippen LogP contribution in [0.5, 0.6) is 0 Å². The Morgan fingerprint density at radius 3 is 2.45 bits per heavy atom. The van der Waals surface area contributed by atoms with Gasteiger partial charge in [-0.1, -0.05) is 0 Å². The van der Waals surface area contributed by atoms with Gasteiger partial charge in [-0.25, -0.2) is 0 Å². The quantitative estimate of drug-likeness (QED) is 0.616. The zero-order valence-electron chi connectivity index (χ0n) is 7.01. The van der Waals surface area contributed by atoms with Crippen LogP contribution >= 0.6 is 0 Å². The molecule has 2 fully saturated rings. The molecule has 1 spiro atoms. The largest absolute Gasteiger partial charge is 0.381 e. The minimum atomic E-state index is 0.618. The smallest absolute Gasteiger partial charge is 0.0471 e. The third kappa shape index (κ3) is 1.09. The lowest BCUT2D eigenvalue weighted by molar-refractivity contribution is -0.0718. The molecule has 64 valence electrons. The van der Waals surface area contributed by atoms with Gasteiger partial charge in [0.15, 0.2) is 0 Å². The van der Waals surface area contributed by atoms with Crippen LogP contribution in [-0.2, 0) is 4.74 Å². The number of ether oxygens (including phenoxy) is 1. The van der Waals surface area contributed by atoms with Gasteiger partial charge >= 0.3 is 0 Å². The lowest BCUT2D eigenvalue weighted by Gasteiger charge is -2.51. The molecule has 1 saturated carbocycles. The molecule has 0 amide bonds. The summed E-state index contributed by atoms with van der Waals surface area (Å²) < 4.78 is 5.35. The molecule has 0 bridgehead atoms. The van der Waals surface area contributed by atoms with Crippen molar-refractivity contribution in [3.8, 4) is 0 Å². The Hall–Kier alpha value is -0.0800. The minimum Gasteiger partial charge on any atom is -0.381 e. The van der Waals surface area contributed by atoms with Crippen LogP contribution in [0.4, 0.5) is 0 Å². The third-order valence-corrected chi connectivity index (χ3v) is 3.63. The van der Waals surface area contributed by atoms with E-state index in [1.165, 1.54) is 25.7 Å². The molecule has 2 nitrogen and oxygen atoms in total. The summed E-state index contributed by atoms with van der Waals surface area (Å²) in [6, 6.07) is 0. The van der Waals surface area contributed by atoms with Gasteiger partial charge in [0.05, 0.1) is 0 Å². The summed E-state index contributed by atoms with van der Waals surface area (Å²) >= 11 is 0. The number of hydrogen-bond acceptors (Lipinski definition) is 2. The van der Waals surface area contributed by atoms with Gasteiger partial charge in [-0.15, -0.1) is 0 Å². The molecule has 0 aromatic rings. The highest BCUT2D eigenvalue weighted by Gasteiger charge is 2.46. The van der Waals surface area contributed by atoms with E-state index in [-0.39, 0.29) is 0 Å². The molecule has 0 aromatic heterocycles. The zero-order valence-corrected chi connectivity index (χ0v) is 7.01. The van der Waals surface area contributed by atoms with Crippen molar-refractivity contribution in [2.75, 3.05) is 19.8 Å². The molecule has 2 N–H and O–H groups in total. The van der Waals surface area contributed by atoms with E-state index in [0.717, 1.165) is 25.7 Å². The van der Waals surface area contributed by atoms with Crippen molar-refractivity contribution in [2.24, 2.45) is 17.1 Å². The molecule has 1 aliphatic carbocycles. The molecule has 11 heavy (non-hydrogen) atoms. The lowest BCUT2D eigenvalue weighted by Crippen LogP contribution is -2.47. The SMILES string of the molecule is NC[C@H]1CCC12CCOCC2. The molecule has 1 heterocycles. The van der Waals surface area contributed by atoms with Crippen molar-refractivity contribution >= 4 is 0 Å². The Bertz CT molecular complexity index is 138. The first-order valence-corrected chi connectivity index (χ1v) is 4.65. The Labute approximate surface area is 68.1 Å². The van der Waals surface area contributed by atoms with Crippen LogP contribution in [0.3, 0.4) is 0 Å². The molecule has 0 aromatic carbocycles. The van der Waals surface area contributed by atoms with Crippen LogP contribution < -0.4 is 5.73 Å². The molecule has 2 rings (SSSR count). The minimum absolute atomic E-state index is 0.618. The monoisotopic (exact) mass is 155 g/mol. The van der Waals surface area contributed by atoms with Crippen molar-refractivity contribution in [3.05, 3.63) is 0 Å². The van der Waals surface area contributed by atoms with Gasteiger partial charge in [-0.05, 0) is 43.6 Å². The fraction of sp³-hybridized carbons (Fsp3) is 1.00. The standard InChI is InChI=1S/C9H17NO/c10-7-8-1-2-9(8)3-5-11-6-4-9/h8H,1-7,10H2/t8-/m1/s1. The van der Waals surface area contributed by atoms with E-state index < -0.39 is 0 Å². The van der Waals surface area contributed by atoms with E-state index in [9.17, 15) is 0 Å². The molecule has 2 heteroatoms. The molecule has 1 aliphatic heterocycles. The molecular formula is C9H17NO. The fourth-order valence-electron chi connectivity index (χ4n) is 2.56. The van der Waals surface area contributed by atoms with Crippen molar-refractivity contribution in [1.82, 2.24) is 0 Å². The molecule has 1 atom stereocenters. The maximum absolute atomic E-state index is 5.70. The van der Waals surface area contributed by atoms with Crippen molar-refractivity contribution < 1.29 is 4.74 Å². The summed E-state index contributed by atoms with van der Waals surface area (Å²) in [4.78, 5) is 0. The van der Waals surface area contributed by atoms with Crippen molar-refractivity contribution in [3.63, 3.8) is 0 Å². The second kappa shape index (κ2) is 2.76. The molecule has 1 saturated heterocycles. The molecular weight excluding hydrogens is 138 g/mol. The summed E-state index contributed by atoms with van der Waals surface area (Å²) in [5, 5.41) is 0. The zero-order chi connectivity index (χ0) is 7.73. The maximum Gasteiger partial charge on any atom is 0.0471 e. The van der Waals surface area contributed by atoms with Crippen LogP contribution in [-0.4, -0.2) is 19.8 Å². The Kier molecular flexibility index (Phi) is 1.90. The average Bonchev–Trinajstić information content (AvgIpc) is 2.05. The van der Waals surface area contributed by atoms with Crippen LogP contribution in [0.2, 0.25) is 0 Å². The second-order valence-corrected chi connectivity index (χ2v) is 3.95. The molecule has 2 aliphatic rings. The van der Waals surface area contributed by atoms with Gasteiger partial charge in [0.1, 0.15) is 0 Å². The van der Waals surface area contributed by atoms with Crippen molar-refractivity contribution in [2.45, 2.75) is 25.7 Å². The van der Waals surface area contributed by atoms with E-state index in [1.807, 2.05) is 0 Å². The van der Waals surface area contributed by atoms with Crippen LogP contribution in [0.25, 0.3) is 0 Å². The first-order valence-electron chi connectivity index (χ1n) is 4.65. The highest BCUT2D eigenvalue weighted by molar-refractivity contribution is 4.96. The highest BCUT2D eigenvalue weighted by Crippen LogP contribution is 2.52. The van der Waals surface area contributed by atoms with Gasteiger partial charge < -0.3 is 10.5 Å². The second-order valence-electron chi connectivity index (χ2n) is 3.95. The molecule has 0 unspecified atom stereocenters. The topological polar surface area (TPSA) is 35.2 Å². The van der Waals surface area contributed by atoms with E-state index >= 15 is 0 Å². The Balaban J connectivity index is 1.97. The number of hydrogen-bond donors (Lipinski definition) is 1. The first-order chi connectivity index (χ1) is 5.37. The van der Waals surface area contributed by atoms with E-state index in [0.29, 0.717) is 5.41 Å². The van der Waals surface area contributed by atoms with Gasteiger partial charge in [0, 0.05) is 13.2 Å². The average molecular weight is 155 g/mol. The van der Waals surface area contributed by atoms with E-state index in [4.69, 9.17) is 10.5 Å². The maximum atomic E-state index is 5.70. The summed E-state index contributed by atoms with van der Waals surface area (Å²) in [6.45, 7) is 2.83. The van der Waals surface area contributed by atoms with Gasteiger partial charge in [0.25, 0.3) is 0 Å². The van der Waals surface area contributed by atoms with Gasteiger partial charge in [-0.2, -0.15) is 0 Å². The predicted octanol–water partition coefficient (Wildman–Crippen LogP) is 1.15. The van der Waals surface area contributed by atoms with E-state index in [2.05, 4.69) is 0 Å². The fourth-order valence-corrected chi connectivity index (χ4v) is 2.56. The van der Waals surface area contributed by atoms with E-state index in [1.54, 1.807) is 0 Å². The van der Waals surface area contributed by atoms with Crippen LogP contribution in [0, 0.1) is 11.3 Å². The Morgan fingerprint density at radius 1 is 1.27 bits per heavy atom. The summed E-state index contributed by atoms with van der Waals surface area (Å²) in [5.41, 5.74) is 6.32. The number of nitrogens with two attached hydrogens (primary N) is 1. The van der Waals surface area contributed by atoms with Crippen LogP contribution in [0.1, 0.15) is 25.7 Å². The molecule has 0 radical (unpaired) electrons. The highest BCUT2D eigenvalue weighted by atomic mass is 16.5.